The van der Waals surface area contributed by atoms with Gasteiger partial charge in [0, 0.05) is 5.69 Å². The van der Waals surface area contributed by atoms with E-state index in [2.05, 4.69) is 20.6 Å². The van der Waals surface area contributed by atoms with Gasteiger partial charge in [-0.25, -0.2) is 9.97 Å². The number of nitrogens with zero attached hydrogens (tertiary/aromatic N) is 2. The van der Waals surface area contributed by atoms with Crippen molar-refractivity contribution in [2.24, 2.45) is 0 Å². The number of benzene rings is 1. The van der Waals surface area contributed by atoms with Gasteiger partial charge in [0.25, 0.3) is 5.91 Å². The molecule has 3 rings (SSSR count). The van der Waals surface area contributed by atoms with Gasteiger partial charge in [-0.3, -0.25) is 4.79 Å². The zero-order valence-electron chi connectivity index (χ0n) is 13.2. The fourth-order valence-corrected chi connectivity index (χ4v) is 2.63. The van der Waals surface area contributed by atoms with E-state index in [0.29, 0.717) is 27.2 Å². The number of carbonyl (C=O) groups is 1. The van der Waals surface area contributed by atoms with E-state index in [0.717, 1.165) is 0 Å². The Morgan fingerprint density at radius 1 is 1.16 bits per heavy atom. The molecular weight excluding hydrogens is 363 g/mol. The number of aryl methyl sites for hydroxylation is 1. The highest BCUT2D eigenvalue weighted by atomic mass is 35.5. The lowest BCUT2D eigenvalue weighted by Crippen LogP contribution is -2.24. The quantitative estimate of drug-likeness (QED) is 0.691. The van der Waals surface area contributed by atoms with Crippen molar-refractivity contribution in [1.29, 1.82) is 0 Å². The SMILES string of the molecule is Cc1cc(C(=O)NCc2ccco2)nc(Nc2c(Cl)cccc2Cl)n1. The smallest absolute Gasteiger partial charge is 0.270 e. The van der Waals surface area contributed by atoms with Gasteiger partial charge in [0.1, 0.15) is 11.5 Å². The Kier molecular flexibility index (Phi) is 5.21. The highest BCUT2D eigenvalue weighted by Crippen LogP contribution is 2.31. The number of halogens is 2. The molecule has 6 nitrogen and oxygen atoms in total. The van der Waals surface area contributed by atoms with Crippen molar-refractivity contribution < 1.29 is 9.21 Å². The molecule has 0 saturated carbocycles. The molecule has 2 N–H and O–H groups in total. The minimum absolute atomic E-state index is 0.227. The van der Waals surface area contributed by atoms with E-state index >= 15 is 0 Å². The minimum Gasteiger partial charge on any atom is -0.467 e. The second-order valence-corrected chi connectivity index (χ2v) is 6.02. The van der Waals surface area contributed by atoms with Gasteiger partial charge in [-0.15, -0.1) is 0 Å². The summed E-state index contributed by atoms with van der Waals surface area (Å²) in [5.74, 6) is 0.550. The summed E-state index contributed by atoms with van der Waals surface area (Å²) in [6, 6.07) is 10.3. The third-order valence-corrected chi connectivity index (χ3v) is 3.92. The zero-order chi connectivity index (χ0) is 17.8. The van der Waals surface area contributed by atoms with Crippen LogP contribution >= 0.6 is 23.2 Å². The first-order valence-corrected chi connectivity index (χ1v) is 8.16. The molecule has 0 aliphatic carbocycles. The second kappa shape index (κ2) is 7.55. The molecule has 0 bridgehead atoms. The first-order valence-electron chi connectivity index (χ1n) is 7.40. The van der Waals surface area contributed by atoms with Crippen molar-refractivity contribution >= 4 is 40.7 Å². The Morgan fingerprint density at radius 2 is 1.92 bits per heavy atom. The lowest BCUT2D eigenvalue weighted by Gasteiger charge is -2.11. The van der Waals surface area contributed by atoms with Crippen LogP contribution in [0.2, 0.25) is 10.0 Å². The summed E-state index contributed by atoms with van der Waals surface area (Å²) in [5.41, 5.74) is 1.34. The molecule has 25 heavy (non-hydrogen) atoms. The maximum absolute atomic E-state index is 12.3. The molecule has 0 spiro atoms. The average Bonchev–Trinajstić information content (AvgIpc) is 3.09. The molecule has 2 heterocycles. The van der Waals surface area contributed by atoms with Crippen molar-refractivity contribution in [3.8, 4) is 0 Å². The van der Waals surface area contributed by atoms with Crippen LogP contribution in [-0.2, 0) is 6.54 Å². The first-order chi connectivity index (χ1) is 12.0. The molecule has 0 aliphatic rings. The number of para-hydroxylation sites is 1. The van der Waals surface area contributed by atoms with E-state index in [4.69, 9.17) is 27.6 Å². The standard InChI is InChI=1S/C17H14Cl2N4O2/c1-10-8-14(16(24)20-9-11-4-3-7-25-11)22-17(21-10)23-15-12(18)5-2-6-13(15)19/h2-8H,9H2,1H3,(H,20,24)(H,21,22,23). The topological polar surface area (TPSA) is 80.0 Å². The molecule has 0 unspecified atom stereocenters. The molecular formula is C17H14Cl2N4O2. The average molecular weight is 377 g/mol. The van der Waals surface area contributed by atoms with Crippen molar-refractivity contribution in [3.63, 3.8) is 0 Å². The van der Waals surface area contributed by atoms with Crippen molar-refractivity contribution in [2.45, 2.75) is 13.5 Å². The maximum atomic E-state index is 12.3. The minimum atomic E-state index is -0.338. The van der Waals surface area contributed by atoms with Crippen LogP contribution < -0.4 is 10.6 Å². The summed E-state index contributed by atoms with van der Waals surface area (Å²) < 4.78 is 5.18. The van der Waals surface area contributed by atoms with Gasteiger partial charge in [0.15, 0.2) is 0 Å². The van der Waals surface area contributed by atoms with Crippen molar-refractivity contribution in [2.75, 3.05) is 5.32 Å². The van der Waals surface area contributed by atoms with E-state index in [1.165, 1.54) is 0 Å². The van der Waals surface area contributed by atoms with Gasteiger partial charge in [0.05, 0.1) is 28.5 Å². The van der Waals surface area contributed by atoms with Gasteiger partial charge < -0.3 is 15.1 Å². The Labute approximate surface area is 154 Å². The summed E-state index contributed by atoms with van der Waals surface area (Å²) in [7, 11) is 0. The molecule has 0 atom stereocenters. The van der Waals surface area contributed by atoms with Crippen LogP contribution in [0.15, 0.2) is 47.1 Å². The Bertz CT molecular complexity index is 877. The molecule has 0 saturated heterocycles. The predicted molar refractivity (Wildman–Crippen MR) is 96.4 cm³/mol. The number of nitrogens with one attached hydrogen (secondary N) is 2. The molecule has 0 aliphatic heterocycles. The lowest BCUT2D eigenvalue weighted by atomic mass is 10.3. The number of rotatable bonds is 5. The monoisotopic (exact) mass is 376 g/mol. The van der Waals surface area contributed by atoms with Crippen LogP contribution in [-0.4, -0.2) is 15.9 Å². The van der Waals surface area contributed by atoms with E-state index in [1.807, 2.05) is 0 Å². The zero-order valence-corrected chi connectivity index (χ0v) is 14.7. The summed E-state index contributed by atoms with van der Waals surface area (Å²) in [6.07, 6.45) is 1.55. The van der Waals surface area contributed by atoms with E-state index in [1.54, 1.807) is 49.6 Å². The Hall–Kier alpha value is -2.57. The van der Waals surface area contributed by atoms with Gasteiger partial charge in [-0.2, -0.15) is 0 Å². The summed E-state index contributed by atoms with van der Waals surface area (Å²) in [5, 5.41) is 6.56. The molecule has 8 heteroatoms. The highest BCUT2D eigenvalue weighted by molar-refractivity contribution is 6.39. The van der Waals surface area contributed by atoms with E-state index in [9.17, 15) is 4.79 Å². The molecule has 1 amide bonds. The van der Waals surface area contributed by atoms with Crippen LogP contribution in [0, 0.1) is 6.92 Å². The summed E-state index contributed by atoms with van der Waals surface area (Å²) >= 11 is 12.3. The fraction of sp³-hybridized carbons (Fsp3) is 0.118. The number of aromatic nitrogens is 2. The van der Waals surface area contributed by atoms with Gasteiger partial charge in [-0.05, 0) is 37.3 Å². The van der Waals surface area contributed by atoms with Crippen molar-refractivity contribution in [1.82, 2.24) is 15.3 Å². The largest absolute Gasteiger partial charge is 0.467 e. The molecule has 0 radical (unpaired) electrons. The number of anilines is 2. The predicted octanol–water partition coefficient (Wildman–Crippen LogP) is 4.36. The van der Waals surface area contributed by atoms with Crippen LogP contribution in [0.5, 0.6) is 0 Å². The molecule has 0 fully saturated rings. The third kappa shape index (κ3) is 4.29. The molecule has 128 valence electrons. The Balaban J connectivity index is 1.79. The van der Waals surface area contributed by atoms with Gasteiger partial charge in [-0.1, -0.05) is 29.3 Å². The normalized spacial score (nSPS) is 10.5. The van der Waals surface area contributed by atoms with Gasteiger partial charge in [0.2, 0.25) is 5.95 Å². The van der Waals surface area contributed by atoms with Gasteiger partial charge >= 0.3 is 0 Å². The number of furan rings is 1. The number of hydrogen-bond acceptors (Lipinski definition) is 5. The highest BCUT2D eigenvalue weighted by Gasteiger charge is 2.13. The molecule has 1 aromatic carbocycles. The molecule has 2 aromatic heterocycles. The lowest BCUT2D eigenvalue weighted by molar-refractivity contribution is 0.0943. The fourth-order valence-electron chi connectivity index (χ4n) is 2.14. The summed E-state index contributed by atoms with van der Waals surface area (Å²) in [6.45, 7) is 2.04. The summed E-state index contributed by atoms with van der Waals surface area (Å²) in [4.78, 5) is 20.8. The third-order valence-electron chi connectivity index (χ3n) is 3.29. The number of carbonyl (C=O) groups excluding carboxylic acids is 1. The molecule has 3 aromatic rings. The van der Waals surface area contributed by atoms with Crippen LogP contribution in [0.1, 0.15) is 21.9 Å². The number of amides is 1. The maximum Gasteiger partial charge on any atom is 0.270 e. The number of hydrogen-bond donors (Lipinski definition) is 2. The second-order valence-electron chi connectivity index (χ2n) is 5.20. The first kappa shape index (κ1) is 17.3. The van der Waals surface area contributed by atoms with Crippen LogP contribution in [0.3, 0.4) is 0 Å². The van der Waals surface area contributed by atoms with Crippen molar-refractivity contribution in [3.05, 3.63) is 69.9 Å². The van der Waals surface area contributed by atoms with Crippen LogP contribution in [0.25, 0.3) is 0 Å². The Morgan fingerprint density at radius 3 is 2.60 bits per heavy atom. The van der Waals surface area contributed by atoms with E-state index in [-0.39, 0.29) is 24.1 Å². The van der Waals surface area contributed by atoms with Crippen LogP contribution in [0.4, 0.5) is 11.6 Å². The van der Waals surface area contributed by atoms with E-state index < -0.39 is 0 Å².